The highest BCUT2D eigenvalue weighted by atomic mass is 16.6. The molecule has 5 rings (SSSR count). The number of rotatable bonds is 5. The van der Waals surface area contributed by atoms with E-state index in [1.54, 1.807) is 24.4 Å². The maximum atomic E-state index is 12.8. The number of piperidine rings is 1. The first-order chi connectivity index (χ1) is 16.1. The van der Waals surface area contributed by atoms with Crippen molar-refractivity contribution < 1.29 is 24.2 Å². The van der Waals surface area contributed by atoms with Crippen molar-refractivity contribution in [2.45, 2.75) is 56.3 Å². The Morgan fingerprint density at radius 3 is 2.79 bits per heavy atom. The van der Waals surface area contributed by atoms with E-state index in [0.717, 1.165) is 37.2 Å². The second-order valence-electron chi connectivity index (χ2n) is 9.00. The molecule has 174 valence electrons. The van der Waals surface area contributed by atoms with Crippen molar-refractivity contribution in [2.75, 3.05) is 25.0 Å². The molecule has 4 heterocycles. The number of aromatic nitrogens is 1. The van der Waals surface area contributed by atoms with Crippen molar-refractivity contribution in [1.29, 1.82) is 0 Å². The molecule has 0 bridgehead atoms. The lowest BCUT2D eigenvalue weighted by molar-refractivity contribution is -0.149. The predicted molar refractivity (Wildman–Crippen MR) is 121 cm³/mol. The van der Waals surface area contributed by atoms with Gasteiger partial charge in [0.05, 0.1) is 24.7 Å². The minimum atomic E-state index is -0.497. The van der Waals surface area contributed by atoms with E-state index < -0.39 is 6.10 Å². The highest BCUT2D eigenvalue weighted by Gasteiger charge is 2.46. The zero-order valence-electron chi connectivity index (χ0n) is 18.5. The first-order valence-electron chi connectivity index (χ1n) is 11.7. The zero-order valence-corrected chi connectivity index (χ0v) is 18.5. The molecule has 0 radical (unpaired) electrons. The van der Waals surface area contributed by atoms with Gasteiger partial charge in [0.25, 0.3) is 5.91 Å². The van der Waals surface area contributed by atoms with Gasteiger partial charge in [-0.25, -0.2) is 0 Å². The van der Waals surface area contributed by atoms with Crippen molar-refractivity contribution in [3.63, 3.8) is 0 Å². The van der Waals surface area contributed by atoms with Crippen LogP contribution < -0.4 is 10.1 Å². The van der Waals surface area contributed by atoms with E-state index in [2.05, 4.69) is 10.3 Å². The Labute approximate surface area is 192 Å². The summed E-state index contributed by atoms with van der Waals surface area (Å²) < 4.78 is 12.2. The lowest BCUT2D eigenvalue weighted by Gasteiger charge is -2.38. The van der Waals surface area contributed by atoms with E-state index >= 15 is 0 Å². The third kappa shape index (κ3) is 4.58. The standard InChI is InChI=1S/C25H29N3O5/c29-15-22-24-20(12-18(32-22)13-23(30)28-9-2-1-3-10-28)19-11-17(6-7-21(19)33-24)27-25(31)16-5-4-8-26-14-16/h4-8,11,14,18,20,22,24,29H,1-3,9-10,12-13,15H2,(H,27,31)/t18-,20-,22+,24+/m0/s1. The van der Waals surface area contributed by atoms with E-state index in [1.165, 1.54) is 12.6 Å². The second-order valence-corrected chi connectivity index (χ2v) is 9.00. The number of aliphatic hydroxyl groups is 1. The van der Waals surface area contributed by atoms with Crippen molar-refractivity contribution >= 4 is 17.5 Å². The predicted octanol–water partition coefficient (Wildman–Crippen LogP) is 2.73. The smallest absolute Gasteiger partial charge is 0.257 e. The van der Waals surface area contributed by atoms with E-state index in [-0.39, 0.29) is 36.5 Å². The summed E-state index contributed by atoms with van der Waals surface area (Å²) in [7, 11) is 0. The van der Waals surface area contributed by atoms with Gasteiger partial charge in [-0.2, -0.15) is 0 Å². The number of carbonyl (C=O) groups is 2. The number of nitrogens with zero attached hydrogens (tertiary/aromatic N) is 2. The van der Waals surface area contributed by atoms with E-state index in [4.69, 9.17) is 9.47 Å². The van der Waals surface area contributed by atoms with Gasteiger partial charge in [0.1, 0.15) is 18.0 Å². The van der Waals surface area contributed by atoms with E-state index in [0.29, 0.717) is 24.1 Å². The van der Waals surface area contributed by atoms with Gasteiger partial charge in [-0.05, 0) is 56.0 Å². The number of carbonyl (C=O) groups excluding carboxylic acids is 2. The summed E-state index contributed by atoms with van der Waals surface area (Å²) >= 11 is 0. The number of aliphatic hydroxyl groups excluding tert-OH is 1. The van der Waals surface area contributed by atoms with Crippen LogP contribution in [0.25, 0.3) is 0 Å². The molecule has 2 saturated heterocycles. The number of fused-ring (bicyclic) bond motifs is 3. The zero-order chi connectivity index (χ0) is 22.8. The van der Waals surface area contributed by atoms with Gasteiger partial charge in [0.2, 0.25) is 5.91 Å². The molecule has 2 N–H and O–H groups in total. The van der Waals surface area contributed by atoms with Gasteiger partial charge in [-0.1, -0.05) is 0 Å². The molecule has 2 amide bonds. The maximum Gasteiger partial charge on any atom is 0.257 e. The Morgan fingerprint density at radius 2 is 2.03 bits per heavy atom. The van der Waals surface area contributed by atoms with Gasteiger partial charge in [0.15, 0.2) is 0 Å². The molecule has 8 nitrogen and oxygen atoms in total. The molecule has 3 aliphatic rings. The fourth-order valence-electron chi connectivity index (χ4n) is 5.13. The molecule has 2 aromatic rings. The fourth-order valence-corrected chi connectivity index (χ4v) is 5.13. The molecular weight excluding hydrogens is 422 g/mol. The molecule has 3 aliphatic heterocycles. The molecule has 0 aliphatic carbocycles. The minimum Gasteiger partial charge on any atom is -0.487 e. The van der Waals surface area contributed by atoms with Gasteiger partial charge < -0.3 is 24.8 Å². The fraction of sp³-hybridized carbons (Fsp3) is 0.480. The van der Waals surface area contributed by atoms with Gasteiger partial charge in [0, 0.05) is 42.7 Å². The Morgan fingerprint density at radius 1 is 1.18 bits per heavy atom. The van der Waals surface area contributed by atoms with Crippen LogP contribution in [0.4, 0.5) is 5.69 Å². The number of ether oxygens (including phenoxy) is 2. The third-order valence-electron chi connectivity index (χ3n) is 6.79. The average Bonchev–Trinajstić information content (AvgIpc) is 3.22. The largest absolute Gasteiger partial charge is 0.487 e. The van der Waals surface area contributed by atoms with Crippen LogP contribution in [0.2, 0.25) is 0 Å². The van der Waals surface area contributed by atoms with Crippen molar-refractivity contribution in [3.05, 3.63) is 53.9 Å². The summed E-state index contributed by atoms with van der Waals surface area (Å²) in [5.74, 6) is 0.602. The van der Waals surface area contributed by atoms with Gasteiger partial charge in [-0.15, -0.1) is 0 Å². The maximum absolute atomic E-state index is 12.8. The number of anilines is 1. The Kier molecular flexibility index (Phi) is 6.28. The molecule has 0 unspecified atom stereocenters. The first kappa shape index (κ1) is 21.9. The molecule has 0 spiro atoms. The van der Waals surface area contributed by atoms with Crippen LogP contribution in [0.3, 0.4) is 0 Å². The lowest BCUT2D eigenvalue weighted by atomic mass is 9.84. The number of pyridine rings is 1. The third-order valence-corrected chi connectivity index (χ3v) is 6.79. The van der Waals surface area contributed by atoms with Crippen molar-refractivity contribution in [3.8, 4) is 5.75 Å². The SMILES string of the molecule is O=C(Nc1ccc2c(c1)[C@@H]1C[C@@H](CC(=O)N3CCCCC3)O[C@H](CO)[C@@H]1O2)c1cccnc1. The molecule has 0 saturated carbocycles. The quantitative estimate of drug-likeness (QED) is 0.725. The van der Waals surface area contributed by atoms with E-state index in [9.17, 15) is 14.7 Å². The topological polar surface area (TPSA) is 101 Å². The highest BCUT2D eigenvalue weighted by Crippen LogP contribution is 2.47. The summed E-state index contributed by atoms with van der Waals surface area (Å²) in [6, 6.07) is 9.00. The number of likely N-dealkylation sites (tertiary alicyclic amines) is 1. The molecule has 1 aromatic heterocycles. The van der Waals surface area contributed by atoms with Crippen molar-refractivity contribution in [1.82, 2.24) is 9.88 Å². The van der Waals surface area contributed by atoms with Gasteiger partial charge in [-0.3, -0.25) is 14.6 Å². The Balaban J connectivity index is 1.31. The minimum absolute atomic E-state index is 0.0136. The Hall–Kier alpha value is -2.97. The number of nitrogens with one attached hydrogen (secondary N) is 1. The van der Waals surface area contributed by atoms with Crippen LogP contribution in [-0.2, 0) is 9.53 Å². The molecular formula is C25H29N3O5. The highest BCUT2D eigenvalue weighted by molar-refractivity contribution is 6.04. The number of hydrogen-bond donors (Lipinski definition) is 2. The van der Waals surface area contributed by atoms with Crippen LogP contribution in [0.15, 0.2) is 42.7 Å². The summed E-state index contributed by atoms with van der Waals surface area (Å²) in [4.78, 5) is 31.3. The summed E-state index contributed by atoms with van der Waals surface area (Å²) in [6.07, 6.45) is 6.29. The summed E-state index contributed by atoms with van der Waals surface area (Å²) in [5, 5.41) is 12.9. The first-order valence-corrected chi connectivity index (χ1v) is 11.7. The lowest BCUT2D eigenvalue weighted by Crippen LogP contribution is -2.48. The van der Waals surface area contributed by atoms with Crippen LogP contribution in [0.5, 0.6) is 5.75 Å². The van der Waals surface area contributed by atoms with Crippen LogP contribution >= 0.6 is 0 Å². The van der Waals surface area contributed by atoms with Crippen LogP contribution in [0.1, 0.15) is 53.9 Å². The van der Waals surface area contributed by atoms with E-state index in [1.807, 2.05) is 17.0 Å². The van der Waals surface area contributed by atoms with Crippen molar-refractivity contribution in [2.24, 2.45) is 0 Å². The second kappa shape index (κ2) is 9.49. The monoisotopic (exact) mass is 451 g/mol. The average molecular weight is 452 g/mol. The summed E-state index contributed by atoms with van der Waals surface area (Å²) in [6.45, 7) is 1.45. The molecule has 4 atom stereocenters. The summed E-state index contributed by atoms with van der Waals surface area (Å²) in [5.41, 5.74) is 2.12. The molecule has 1 aromatic carbocycles. The molecule has 8 heteroatoms. The van der Waals surface area contributed by atoms with Crippen LogP contribution in [-0.4, -0.2) is 64.8 Å². The number of hydrogen-bond acceptors (Lipinski definition) is 6. The van der Waals surface area contributed by atoms with Gasteiger partial charge >= 0.3 is 0 Å². The molecule has 33 heavy (non-hydrogen) atoms. The number of benzene rings is 1. The van der Waals surface area contributed by atoms with Crippen LogP contribution in [0, 0.1) is 0 Å². The Bertz CT molecular complexity index is 1010. The normalized spacial score (nSPS) is 26.2. The number of amides is 2. The molecule has 2 fully saturated rings.